The summed E-state index contributed by atoms with van der Waals surface area (Å²) < 4.78 is 14.7. The van der Waals surface area contributed by atoms with Gasteiger partial charge in [-0.05, 0) is 23.9 Å². The molecule has 0 unspecified atom stereocenters. The molecular weight excluding hydrogens is 356 g/mol. The number of esters is 1. The van der Waals surface area contributed by atoms with Crippen LogP contribution in [0.5, 0.6) is 11.5 Å². The Kier molecular flexibility index (Phi) is 4.31. The summed E-state index contributed by atoms with van der Waals surface area (Å²) in [5.74, 6) is -0.960. The Morgan fingerprint density at radius 2 is 2.08 bits per heavy atom. The summed E-state index contributed by atoms with van der Waals surface area (Å²) in [4.78, 5) is 46.7. The number of carbonyl (C=O) groups excluding carboxylic acids is 3. The number of nitro groups is 1. The van der Waals surface area contributed by atoms with Gasteiger partial charge in [-0.2, -0.15) is 0 Å². The molecular formula is C14H10N2O8S. The second kappa shape index (κ2) is 6.43. The zero-order chi connectivity index (χ0) is 18.1. The Morgan fingerprint density at radius 1 is 1.40 bits per heavy atom. The van der Waals surface area contributed by atoms with E-state index in [-0.39, 0.29) is 28.7 Å². The number of ether oxygens (including phenoxy) is 3. The molecule has 2 heterocycles. The number of imide groups is 1. The fourth-order valence-corrected chi connectivity index (χ4v) is 3.02. The summed E-state index contributed by atoms with van der Waals surface area (Å²) >= 11 is 0.579. The van der Waals surface area contributed by atoms with Gasteiger partial charge in [0.25, 0.3) is 16.8 Å². The van der Waals surface area contributed by atoms with Gasteiger partial charge in [0.1, 0.15) is 6.54 Å². The predicted molar refractivity (Wildman–Crippen MR) is 83.9 cm³/mol. The molecule has 0 radical (unpaired) electrons. The zero-order valence-electron chi connectivity index (χ0n) is 12.7. The van der Waals surface area contributed by atoms with Crippen LogP contribution in [0.4, 0.5) is 10.5 Å². The van der Waals surface area contributed by atoms with E-state index in [0.717, 1.165) is 7.11 Å². The predicted octanol–water partition coefficient (Wildman–Crippen LogP) is 1.53. The van der Waals surface area contributed by atoms with Crippen LogP contribution < -0.4 is 9.47 Å². The summed E-state index contributed by atoms with van der Waals surface area (Å²) in [6, 6.07) is 2.54. The molecule has 2 aliphatic heterocycles. The van der Waals surface area contributed by atoms with Gasteiger partial charge in [0, 0.05) is 0 Å². The third kappa shape index (κ3) is 3.13. The molecule has 1 aromatic rings. The highest BCUT2D eigenvalue weighted by molar-refractivity contribution is 8.18. The van der Waals surface area contributed by atoms with E-state index in [1.54, 1.807) is 0 Å². The van der Waals surface area contributed by atoms with Crippen LogP contribution in [0.25, 0.3) is 6.08 Å². The van der Waals surface area contributed by atoms with Crippen molar-refractivity contribution in [3.63, 3.8) is 0 Å². The third-order valence-electron chi connectivity index (χ3n) is 3.39. The lowest BCUT2D eigenvalue weighted by molar-refractivity contribution is -0.385. The molecule has 130 valence electrons. The summed E-state index contributed by atoms with van der Waals surface area (Å²) in [6.45, 7) is -0.590. The number of nitrogens with zero attached hydrogens (tertiary/aromatic N) is 2. The number of hydrogen-bond acceptors (Lipinski definition) is 9. The molecule has 0 aromatic heterocycles. The van der Waals surface area contributed by atoms with Gasteiger partial charge in [-0.25, -0.2) is 0 Å². The maximum absolute atomic E-state index is 12.3. The van der Waals surface area contributed by atoms with Gasteiger partial charge in [-0.1, -0.05) is 0 Å². The third-order valence-corrected chi connectivity index (χ3v) is 4.30. The lowest BCUT2D eigenvalue weighted by atomic mass is 10.1. The van der Waals surface area contributed by atoms with Gasteiger partial charge >= 0.3 is 5.97 Å². The van der Waals surface area contributed by atoms with Crippen LogP contribution in [0, 0.1) is 10.1 Å². The van der Waals surface area contributed by atoms with Crippen LogP contribution in [0.2, 0.25) is 0 Å². The van der Waals surface area contributed by atoms with Crippen molar-refractivity contribution < 1.29 is 33.5 Å². The molecule has 11 heteroatoms. The quantitative estimate of drug-likeness (QED) is 0.337. The maximum atomic E-state index is 12.3. The van der Waals surface area contributed by atoms with Gasteiger partial charge in [0.15, 0.2) is 11.5 Å². The normalized spacial score (nSPS) is 17.3. The first-order chi connectivity index (χ1) is 11.9. The number of thioether (sulfide) groups is 1. The number of hydrogen-bond donors (Lipinski definition) is 0. The monoisotopic (exact) mass is 366 g/mol. The molecule has 2 aliphatic rings. The molecule has 25 heavy (non-hydrogen) atoms. The Bertz CT molecular complexity index is 834. The first-order valence-electron chi connectivity index (χ1n) is 6.81. The molecule has 0 N–H and O–H groups in total. The van der Waals surface area contributed by atoms with E-state index in [4.69, 9.17) is 9.47 Å². The number of nitro benzene ring substituents is 1. The minimum Gasteiger partial charge on any atom is -0.468 e. The average Bonchev–Trinajstić information content (AvgIpc) is 3.13. The van der Waals surface area contributed by atoms with Crippen molar-refractivity contribution in [1.29, 1.82) is 0 Å². The standard InChI is InChI=1S/C14H10N2O8S/c1-22-12(17)5-15-13(18)11(25-14(15)19)3-7-2-9-10(24-6-23-9)4-8(7)16(20)21/h2-4H,5-6H2,1H3/b11-3-. The van der Waals surface area contributed by atoms with E-state index in [2.05, 4.69) is 4.74 Å². The zero-order valence-corrected chi connectivity index (χ0v) is 13.5. The van der Waals surface area contributed by atoms with Crippen LogP contribution in [-0.4, -0.2) is 47.4 Å². The Labute approximate surface area is 144 Å². The van der Waals surface area contributed by atoms with E-state index in [1.165, 1.54) is 18.2 Å². The number of methoxy groups -OCH3 is 1. The molecule has 10 nitrogen and oxygen atoms in total. The van der Waals surface area contributed by atoms with E-state index < -0.39 is 28.6 Å². The van der Waals surface area contributed by atoms with Crippen molar-refractivity contribution in [3.8, 4) is 11.5 Å². The molecule has 1 fully saturated rings. The highest BCUT2D eigenvalue weighted by atomic mass is 32.2. The lowest BCUT2D eigenvalue weighted by Crippen LogP contribution is -2.34. The number of rotatable bonds is 4. The first kappa shape index (κ1) is 16.8. The fraction of sp³-hybridized carbons (Fsp3) is 0.214. The van der Waals surface area contributed by atoms with Crippen molar-refractivity contribution >= 4 is 40.6 Å². The molecule has 0 aliphatic carbocycles. The van der Waals surface area contributed by atoms with Gasteiger partial charge in [-0.3, -0.25) is 29.4 Å². The summed E-state index contributed by atoms with van der Waals surface area (Å²) in [5.41, 5.74) is -0.221. The topological polar surface area (TPSA) is 125 Å². The number of fused-ring (bicyclic) bond motifs is 1. The van der Waals surface area contributed by atoms with Crippen LogP contribution in [0.1, 0.15) is 5.56 Å². The van der Waals surface area contributed by atoms with E-state index in [9.17, 15) is 24.5 Å². The molecule has 2 amide bonds. The van der Waals surface area contributed by atoms with E-state index >= 15 is 0 Å². The molecule has 3 rings (SSSR count). The minimum atomic E-state index is -0.752. The summed E-state index contributed by atoms with van der Waals surface area (Å²) in [7, 11) is 1.13. The summed E-state index contributed by atoms with van der Waals surface area (Å²) in [6.07, 6.45) is 1.21. The van der Waals surface area contributed by atoms with Gasteiger partial charge in [0.2, 0.25) is 6.79 Å². The molecule has 0 atom stereocenters. The highest BCUT2D eigenvalue weighted by Crippen LogP contribution is 2.40. The second-order valence-corrected chi connectivity index (χ2v) is 5.86. The van der Waals surface area contributed by atoms with Crippen molar-refractivity contribution in [2.75, 3.05) is 20.4 Å². The van der Waals surface area contributed by atoms with Gasteiger partial charge in [-0.15, -0.1) is 0 Å². The maximum Gasteiger partial charge on any atom is 0.325 e. The van der Waals surface area contributed by atoms with Crippen LogP contribution in [0.3, 0.4) is 0 Å². The van der Waals surface area contributed by atoms with Gasteiger partial charge < -0.3 is 14.2 Å². The Hall–Kier alpha value is -3.08. The largest absolute Gasteiger partial charge is 0.468 e. The minimum absolute atomic E-state index is 0.0455. The smallest absolute Gasteiger partial charge is 0.325 e. The molecule has 0 spiro atoms. The van der Waals surface area contributed by atoms with Crippen molar-refractivity contribution in [3.05, 3.63) is 32.7 Å². The molecule has 0 saturated carbocycles. The number of carbonyl (C=O) groups is 3. The highest BCUT2D eigenvalue weighted by Gasteiger charge is 2.37. The molecule has 1 aromatic carbocycles. The number of amides is 2. The average molecular weight is 366 g/mol. The Balaban J connectivity index is 1.96. The second-order valence-electron chi connectivity index (χ2n) is 4.87. The van der Waals surface area contributed by atoms with Crippen LogP contribution >= 0.6 is 11.8 Å². The fourth-order valence-electron chi connectivity index (χ4n) is 2.19. The van der Waals surface area contributed by atoms with Crippen molar-refractivity contribution in [2.24, 2.45) is 0 Å². The Morgan fingerprint density at radius 3 is 2.72 bits per heavy atom. The molecule has 0 bridgehead atoms. The summed E-state index contributed by atoms with van der Waals surface area (Å²) in [5, 5.41) is 10.6. The molecule has 1 saturated heterocycles. The number of benzene rings is 1. The van der Waals surface area contributed by atoms with Crippen molar-refractivity contribution in [2.45, 2.75) is 0 Å². The van der Waals surface area contributed by atoms with E-state index in [1.807, 2.05) is 0 Å². The van der Waals surface area contributed by atoms with Crippen LogP contribution in [0.15, 0.2) is 17.0 Å². The lowest BCUT2D eigenvalue weighted by Gasteiger charge is -2.09. The van der Waals surface area contributed by atoms with Crippen molar-refractivity contribution in [1.82, 2.24) is 4.90 Å². The van der Waals surface area contributed by atoms with Gasteiger partial charge in [0.05, 0.1) is 28.6 Å². The van der Waals surface area contributed by atoms with E-state index in [0.29, 0.717) is 22.4 Å². The van der Waals surface area contributed by atoms with Crippen LogP contribution in [-0.2, 0) is 14.3 Å². The first-order valence-corrected chi connectivity index (χ1v) is 7.62. The SMILES string of the molecule is COC(=O)CN1C(=O)S/C(=C\c2cc3c(cc2[N+](=O)[O-])OCO3)C1=O.